The first-order chi connectivity index (χ1) is 20.0. The SMILES string of the molecule is CCCC(CC1CCC1)(NC(=O)NC(C(=O)N1CC[C@H](C(C)(C)C)C1C)C1CCCCC1)C(=O)OCc1ccccc1. The summed E-state index contributed by atoms with van der Waals surface area (Å²) in [5.41, 5.74) is -0.0847. The molecular weight excluding hydrogens is 526 g/mol. The topological polar surface area (TPSA) is 87.7 Å². The van der Waals surface area contributed by atoms with Crippen molar-refractivity contribution in [3.05, 3.63) is 35.9 Å². The van der Waals surface area contributed by atoms with Gasteiger partial charge in [0.25, 0.3) is 0 Å². The second-order valence-corrected chi connectivity index (χ2v) is 14.4. The molecule has 3 fully saturated rings. The number of hydrogen-bond donors (Lipinski definition) is 2. The highest BCUT2D eigenvalue weighted by Gasteiger charge is 2.46. The molecule has 4 rings (SSSR count). The summed E-state index contributed by atoms with van der Waals surface area (Å²) >= 11 is 0. The third-order valence-electron chi connectivity index (χ3n) is 10.3. The van der Waals surface area contributed by atoms with Crippen LogP contribution in [-0.4, -0.2) is 47.0 Å². The number of hydrogen-bond acceptors (Lipinski definition) is 4. The molecule has 42 heavy (non-hydrogen) atoms. The number of nitrogens with zero attached hydrogens (tertiary/aromatic N) is 1. The molecule has 1 aromatic rings. The van der Waals surface area contributed by atoms with Crippen molar-refractivity contribution in [3.8, 4) is 0 Å². The van der Waals surface area contributed by atoms with E-state index in [4.69, 9.17) is 4.74 Å². The Bertz CT molecular complexity index is 1040. The smallest absolute Gasteiger partial charge is 0.332 e. The molecule has 0 spiro atoms. The quantitative estimate of drug-likeness (QED) is 0.276. The molecule has 2 N–H and O–H groups in total. The molecule has 7 heteroatoms. The standard InChI is InChI=1S/C35H55N3O4/c1-6-21-35(23-26-16-13-17-26,32(40)42-24-27-14-9-7-10-15-27)37-33(41)36-30(28-18-11-8-12-19-28)31(39)38-22-20-29(25(38)2)34(3,4)5/h7,9-10,14-15,25-26,28-30H,6,8,11-13,16-24H2,1-5H3,(H2,36,37,41)/t25?,29-,30?,35?/m0/s1. The summed E-state index contributed by atoms with van der Waals surface area (Å²) in [4.78, 5) is 43.9. The molecule has 0 radical (unpaired) electrons. The van der Waals surface area contributed by atoms with E-state index in [1.807, 2.05) is 42.2 Å². The second kappa shape index (κ2) is 14.3. The van der Waals surface area contributed by atoms with Gasteiger partial charge in [-0.25, -0.2) is 9.59 Å². The fraction of sp³-hybridized carbons (Fsp3) is 0.743. The summed E-state index contributed by atoms with van der Waals surface area (Å²) in [7, 11) is 0. The average molecular weight is 582 g/mol. The molecule has 234 valence electrons. The molecule has 1 heterocycles. The van der Waals surface area contributed by atoms with Crippen LogP contribution in [0, 0.1) is 23.2 Å². The van der Waals surface area contributed by atoms with Crippen LogP contribution >= 0.6 is 0 Å². The monoisotopic (exact) mass is 581 g/mol. The zero-order chi connectivity index (χ0) is 30.3. The highest BCUT2D eigenvalue weighted by molar-refractivity contribution is 5.91. The molecule has 3 unspecified atom stereocenters. The number of urea groups is 1. The molecule has 2 saturated carbocycles. The Balaban J connectivity index is 1.53. The van der Waals surface area contributed by atoms with E-state index < -0.39 is 17.6 Å². The highest BCUT2D eigenvalue weighted by atomic mass is 16.5. The van der Waals surface area contributed by atoms with Crippen molar-refractivity contribution in [2.75, 3.05) is 6.54 Å². The molecule has 1 aromatic carbocycles. The Kier molecular flexibility index (Phi) is 11.0. The van der Waals surface area contributed by atoms with E-state index >= 15 is 0 Å². The van der Waals surface area contributed by atoms with Gasteiger partial charge in [-0.2, -0.15) is 0 Å². The van der Waals surface area contributed by atoms with Gasteiger partial charge in [-0.15, -0.1) is 0 Å². The molecule has 3 amide bonds. The third kappa shape index (κ3) is 7.87. The number of amides is 3. The zero-order valence-electron chi connectivity index (χ0n) is 26.8. The Labute approximate surface area is 253 Å². The predicted molar refractivity (Wildman–Crippen MR) is 167 cm³/mol. The summed E-state index contributed by atoms with van der Waals surface area (Å²) in [6, 6.07) is 8.77. The molecule has 7 nitrogen and oxygen atoms in total. The maximum atomic E-state index is 14.2. The molecule has 3 aliphatic rings. The minimum Gasteiger partial charge on any atom is -0.459 e. The number of carbonyl (C=O) groups excluding carboxylic acids is 3. The summed E-state index contributed by atoms with van der Waals surface area (Å²) in [5, 5.41) is 6.27. The van der Waals surface area contributed by atoms with Crippen molar-refractivity contribution in [2.45, 2.75) is 136 Å². The maximum absolute atomic E-state index is 14.2. The minimum atomic E-state index is -1.11. The second-order valence-electron chi connectivity index (χ2n) is 14.4. The van der Waals surface area contributed by atoms with Gasteiger partial charge in [-0.3, -0.25) is 4.79 Å². The first-order valence-electron chi connectivity index (χ1n) is 16.6. The molecule has 0 aromatic heterocycles. The molecule has 0 bridgehead atoms. The van der Waals surface area contributed by atoms with Crippen LogP contribution in [0.2, 0.25) is 0 Å². The lowest BCUT2D eigenvalue weighted by atomic mass is 9.74. The van der Waals surface area contributed by atoms with Crippen LogP contribution in [0.15, 0.2) is 30.3 Å². The number of nitrogens with one attached hydrogen (secondary N) is 2. The van der Waals surface area contributed by atoms with E-state index in [1.165, 1.54) is 6.42 Å². The van der Waals surface area contributed by atoms with Gasteiger partial charge in [0.1, 0.15) is 18.2 Å². The van der Waals surface area contributed by atoms with Crippen molar-refractivity contribution in [2.24, 2.45) is 23.2 Å². The fourth-order valence-electron chi connectivity index (χ4n) is 7.76. The van der Waals surface area contributed by atoms with E-state index in [0.717, 1.165) is 69.9 Å². The highest BCUT2D eigenvalue weighted by Crippen LogP contribution is 2.40. The van der Waals surface area contributed by atoms with E-state index in [2.05, 4.69) is 38.3 Å². The number of esters is 1. The van der Waals surface area contributed by atoms with Crippen LogP contribution in [0.25, 0.3) is 0 Å². The van der Waals surface area contributed by atoms with E-state index in [9.17, 15) is 14.4 Å². The van der Waals surface area contributed by atoms with Gasteiger partial charge in [-0.05, 0) is 67.8 Å². The van der Waals surface area contributed by atoms with Crippen molar-refractivity contribution >= 4 is 17.9 Å². The first-order valence-corrected chi connectivity index (χ1v) is 16.6. The van der Waals surface area contributed by atoms with Gasteiger partial charge in [0.2, 0.25) is 5.91 Å². The van der Waals surface area contributed by atoms with Gasteiger partial charge >= 0.3 is 12.0 Å². The van der Waals surface area contributed by atoms with Crippen LogP contribution in [0.1, 0.15) is 117 Å². The fourth-order valence-corrected chi connectivity index (χ4v) is 7.76. The summed E-state index contributed by atoms with van der Waals surface area (Å²) in [5.74, 6) is 0.563. The molecule has 4 atom stereocenters. The molecule has 1 saturated heterocycles. The van der Waals surface area contributed by atoms with Gasteiger partial charge in [-0.1, -0.05) is 103 Å². The average Bonchev–Trinajstić information content (AvgIpc) is 3.35. The minimum absolute atomic E-state index is 0.0306. The number of benzene rings is 1. The van der Waals surface area contributed by atoms with Crippen molar-refractivity contribution in [3.63, 3.8) is 0 Å². The molecular formula is C35H55N3O4. The Morgan fingerprint density at radius 3 is 2.24 bits per heavy atom. The molecule has 1 aliphatic heterocycles. The van der Waals surface area contributed by atoms with Crippen molar-refractivity contribution < 1.29 is 19.1 Å². The summed E-state index contributed by atoms with van der Waals surface area (Å²) < 4.78 is 5.87. The lowest BCUT2D eigenvalue weighted by Crippen LogP contribution is -2.62. The van der Waals surface area contributed by atoms with Crippen LogP contribution in [0.4, 0.5) is 4.79 Å². The number of carbonyl (C=O) groups is 3. The Morgan fingerprint density at radius 2 is 1.67 bits per heavy atom. The summed E-state index contributed by atoms with van der Waals surface area (Å²) in [6.45, 7) is 11.8. The van der Waals surface area contributed by atoms with Gasteiger partial charge in [0.15, 0.2) is 0 Å². The van der Waals surface area contributed by atoms with Crippen LogP contribution in [0.5, 0.6) is 0 Å². The molecule has 2 aliphatic carbocycles. The van der Waals surface area contributed by atoms with E-state index in [1.54, 1.807) is 0 Å². The Hall–Kier alpha value is -2.57. The number of likely N-dealkylation sites (tertiary alicyclic amines) is 1. The Morgan fingerprint density at radius 1 is 0.976 bits per heavy atom. The van der Waals surface area contributed by atoms with Crippen molar-refractivity contribution in [1.82, 2.24) is 15.5 Å². The van der Waals surface area contributed by atoms with Crippen LogP contribution in [-0.2, 0) is 20.9 Å². The zero-order valence-corrected chi connectivity index (χ0v) is 26.8. The lowest BCUT2D eigenvalue weighted by Gasteiger charge is -2.40. The van der Waals surface area contributed by atoms with E-state index in [-0.39, 0.29) is 35.9 Å². The van der Waals surface area contributed by atoms with Crippen LogP contribution < -0.4 is 10.6 Å². The maximum Gasteiger partial charge on any atom is 0.332 e. The summed E-state index contributed by atoms with van der Waals surface area (Å²) in [6.07, 6.45) is 11.2. The van der Waals surface area contributed by atoms with Gasteiger partial charge < -0.3 is 20.3 Å². The van der Waals surface area contributed by atoms with E-state index in [0.29, 0.717) is 24.7 Å². The van der Waals surface area contributed by atoms with Crippen LogP contribution in [0.3, 0.4) is 0 Å². The number of ether oxygens (including phenoxy) is 1. The predicted octanol–water partition coefficient (Wildman–Crippen LogP) is 6.99. The first kappa shape index (κ1) is 32.3. The van der Waals surface area contributed by atoms with Gasteiger partial charge in [0.05, 0.1) is 0 Å². The third-order valence-corrected chi connectivity index (χ3v) is 10.3. The number of rotatable bonds is 11. The normalized spacial score (nSPS) is 23.9. The van der Waals surface area contributed by atoms with Crippen molar-refractivity contribution in [1.29, 1.82) is 0 Å². The van der Waals surface area contributed by atoms with Gasteiger partial charge in [0, 0.05) is 12.6 Å². The largest absolute Gasteiger partial charge is 0.459 e. The lowest BCUT2D eigenvalue weighted by molar-refractivity contribution is -0.154.